The number of carbonyl (C=O) groups excluding carboxylic acids is 2. The van der Waals surface area contributed by atoms with Crippen LogP contribution in [-0.4, -0.2) is 18.4 Å². The minimum absolute atomic E-state index is 0.105. The molecule has 0 atom stereocenters. The molecule has 0 aliphatic rings. The van der Waals surface area contributed by atoms with Gasteiger partial charge in [-0.2, -0.15) is 0 Å². The van der Waals surface area contributed by atoms with Crippen molar-refractivity contribution in [2.45, 2.75) is 6.92 Å². The average Bonchev–Trinajstić information content (AvgIpc) is 2.59. The lowest BCUT2D eigenvalue weighted by Gasteiger charge is -2.10. The number of hydrogen-bond donors (Lipinski definition) is 2. The van der Waals surface area contributed by atoms with E-state index in [9.17, 15) is 9.59 Å². The second-order valence-corrected chi connectivity index (χ2v) is 6.67. The Morgan fingerprint density at radius 1 is 0.923 bits per heavy atom. The summed E-state index contributed by atoms with van der Waals surface area (Å²) in [5, 5.41) is 7.55. The fourth-order valence-electron chi connectivity index (χ4n) is 2.51. The molecule has 0 saturated carbocycles. The van der Waals surface area contributed by atoms with Crippen molar-refractivity contribution in [1.82, 2.24) is 0 Å². The van der Waals surface area contributed by atoms with Gasteiger partial charge in [0.1, 0.15) is 5.75 Å². The SMILES string of the molecule is CC(=O)Nc1cccc(NC(=O)COc2ccc3cc(Br)ccc3c2)c1. The highest BCUT2D eigenvalue weighted by Gasteiger charge is 2.06. The van der Waals surface area contributed by atoms with Gasteiger partial charge in [-0.25, -0.2) is 0 Å². The third kappa shape index (κ3) is 4.83. The molecular formula is C20H17BrN2O3. The van der Waals surface area contributed by atoms with E-state index in [0.717, 1.165) is 15.2 Å². The standard InChI is InChI=1S/C20H17BrN2O3/c1-13(24)22-17-3-2-4-18(11-17)23-20(25)12-26-19-8-6-14-9-16(21)7-5-15(14)10-19/h2-11H,12H2,1H3,(H,22,24)(H,23,25). The summed E-state index contributed by atoms with van der Waals surface area (Å²) in [6.45, 7) is 1.33. The van der Waals surface area contributed by atoms with Crippen molar-refractivity contribution in [1.29, 1.82) is 0 Å². The first-order chi connectivity index (χ1) is 12.5. The monoisotopic (exact) mass is 412 g/mol. The predicted octanol–water partition coefficient (Wildman–Crippen LogP) is 4.58. The van der Waals surface area contributed by atoms with Crippen molar-refractivity contribution >= 4 is 49.9 Å². The smallest absolute Gasteiger partial charge is 0.262 e. The van der Waals surface area contributed by atoms with Crippen molar-refractivity contribution in [2.24, 2.45) is 0 Å². The molecular weight excluding hydrogens is 396 g/mol. The summed E-state index contributed by atoms with van der Waals surface area (Å²) in [5.41, 5.74) is 1.21. The van der Waals surface area contributed by atoms with Crippen LogP contribution < -0.4 is 15.4 Å². The van der Waals surface area contributed by atoms with Crippen molar-refractivity contribution in [2.75, 3.05) is 17.2 Å². The molecule has 0 radical (unpaired) electrons. The highest BCUT2D eigenvalue weighted by molar-refractivity contribution is 9.10. The Bertz CT molecular complexity index is 972. The molecule has 3 rings (SSSR count). The average molecular weight is 413 g/mol. The molecule has 6 heteroatoms. The fraction of sp³-hybridized carbons (Fsp3) is 0.100. The van der Waals surface area contributed by atoms with E-state index in [2.05, 4.69) is 26.6 Å². The summed E-state index contributed by atoms with van der Waals surface area (Å²) in [7, 11) is 0. The molecule has 0 saturated heterocycles. The Morgan fingerprint density at radius 3 is 2.38 bits per heavy atom. The number of halogens is 1. The summed E-state index contributed by atoms with van der Waals surface area (Å²) in [6, 6.07) is 18.6. The molecule has 0 aliphatic carbocycles. The molecule has 0 spiro atoms. The van der Waals surface area contributed by atoms with Crippen LogP contribution in [0.2, 0.25) is 0 Å². The molecule has 3 aromatic rings. The highest BCUT2D eigenvalue weighted by Crippen LogP contribution is 2.24. The second-order valence-electron chi connectivity index (χ2n) is 5.75. The van der Waals surface area contributed by atoms with E-state index in [0.29, 0.717) is 17.1 Å². The number of amides is 2. The Hall–Kier alpha value is -2.86. The number of carbonyl (C=O) groups is 2. The first-order valence-electron chi connectivity index (χ1n) is 7.99. The fourth-order valence-corrected chi connectivity index (χ4v) is 2.89. The summed E-state index contributed by atoms with van der Waals surface area (Å²) in [5.74, 6) is 0.183. The van der Waals surface area contributed by atoms with Gasteiger partial charge < -0.3 is 15.4 Å². The van der Waals surface area contributed by atoms with Crippen LogP contribution >= 0.6 is 15.9 Å². The maximum atomic E-state index is 12.1. The van der Waals surface area contributed by atoms with Crippen molar-refractivity contribution in [3.8, 4) is 5.75 Å². The number of rotatable bonds is 5. The summed E-state index contributed by atoms with van der Waals surface area (Å²) in [4.78, 5) is 23.2. The van der Waals surface area contributed by atoms with Crippen molar-refractivity contribution in [3.63, 3.8) is 0 Å². The van der Waals surface area contributed by atoms with E-state index < -0.39 is 0 Å². The van der Waals surface area contributed by atoms with Gasteiger partial charge in [-0.15, -0.1) is 0 Å². The topological polar surface area (TPSA) is 67.4 Å². The van der Waals surface area contributed by atoms with Crippen LogP contribution in [0.5, 0.6) is 5.75 Å². The van der Waals surface area contributed by atoms with Crippen LogP contribution in [-0.2, 0) is 9.59 Å². The molecule has 0 fully saturated rings. The zero-order chi connectivity index (χ0) is 18.5. The number of fused-ring (bicyclic) bond motifs is 1. The van der Waals surface area contributed by atoms with Crippen LogP contribution in [0, 0.1) is 0 Å². The van der Waals surface area contributed by atoms with Gasteiger partial charge in [0.15, 0.2) is 6.61 Å². The van der Waals surface area contributed by atoms with E-state index in [-0.39, 0.29) is 18.4 Å². The predicted molar refractivity (Wildman–Crippen MR) is 107 cm³/mol. The zero-order valence-electron chi connectivity index (χ0n) is 14.1. The molecule has 5 nitrogen and oxygen atoms in total. The number of ether oxygens (including phenoxy) is 1. The molecule has 3 aromatic carbocycles. The van der Waals surface area contributed by atoms with Gasteiger partial charge in [0, 0.05) is 22.8 Å². The van der Waals surface area contributed by atoms with E-state index in [4.69, 9.17) is 4.74 Å². The van der Waals surface area contributed by atoms with Gasteiger partial charge in [0.2, 0.25) is 5.91 Å². The molecule has 132 valence electrons. The molecule has 2 amide bonds. The molecule has 0 unspecified atom stereocenters. The van der Waals surface area contributed by atoms with Crippen LogP contribution in [0.1, 0.15) is 6.92 Å². The molecule has 2 N–H and O–H groups in total. The zero-order valence-corrected chi connectivity index (χ0v) is 15.7. The Morgan fingerprint density at radius 2 is 1.62 bits per heavy atom. The van der Waals surface area contributed by atoms with Gasteiger partial charge in [-0.05, 0) is 53.2 Å². The molecule has 0 heterocycles. The number of benzene rings is 3. The molecule has 0 aromatic heterocycles. The van der Waals surface area contributed by atoms with Crippen molar-refractivity contribution in [3.05, 3.63) is 65.1 Å². The van der Waals surface area contributed by atoms with Gasteiger partial charge >= 0.3 is 0 Å². The van der Waals surface area contributed by atoms with E-state index in [1.165, 1.54) is 6.92 Å². The summed E-state index contributed by atoms with van der Waals surface area (Å²) < 4.78 is 6.59. The van der Waals surface area contributed by atoms with Gasteiger partial charge in [-0.1, -0.05) is 34.1 Å². The van der Waals surface area contributed by atoms with Crippen LogP contribution in [0.15, 0.2) is 65.1 Å². The van der Waals surface area contributed by atoms with Gasteiger partial charge in [0.05, 0.1) is 0 Å². The minimum Gasteiger partial charge on any atom is -0.484 e. The highest BCUT2D eigenvalue weighted by atomic mass is 79.9. The van der Waals surface area contributed by atoms with E-state index >= 15 is 0 Å². The number of hydrogen-bond acceptors (Lipinski definition) is 3. The van der Waals surface area contributed by atoms with Crippen LogP contribution in [0.3, 0.4) is 0 Å². The first kappa shape index (κ1) is 17.9. The maximum absolute atomic E-state index is 12.1. The van der Waals surface area contributed by atoms with Gasteiger partial charge in [-0.3, -0.25) is 9.59 Å². The molecule has 0 bridgehead atoms. The first-order valence-corrected chi connectivity index (χ1v) is 8.78. The Kier molecular flexibility index (Phi) is 5.53. The van der Waals surface area contributed by atoms with E-state index in [1.54, 1.807) is 24.3 Å². The Balaban J connectivity index is 1.60. The molecule has 26 heavy (non-hydrogen) atoms. The number of anilines is 2. The van der Waals surface area contributed by atoms with E-state index in [1.807, 2.05) is 36.4 Å². The lowest BCUT2D eigenvalue weighted by molar-refractivity contribution is -0.118. The normalized spacial score (nSPS) is 10.4. The molecule has 0 aliphatic heterocycles. The van der Waals surface area contributed by atoms with Crippen LogP contribution in [0.25, 0.3) is 10.8 Å². The summed E-state index contributed by atoms with van der Waals surface area (Å²) in [6.07, 6.45) is 0. The third-order valence-corrected chi connectivity index (χ3v) is 4.10. The Labute approximate surface area is 159 Å². The van der Waals surface area contributed by atoms with Crippen LogP contribution in [0.4, 0.5) is 11.4 Å². The largest absolute Gasteiger partial charge is 0.484 e. The summed E-state index contributed by atoms with van der Waals surface area (Å²) >= 11 is 3.44. The quantitative estimate of drug-likeness (QED) is 0.644. The minimum atomic E-state index is -0.277. The second kappa shape index (κ2) is 8.01. The maximum Gasteiger partial charge on any atom is 0.262 e. The van der Waals surface area contributed by atoms with Gasteiger partial charge in [0.25, 0.3) is 5.91 Å². The van der Waals surface area contributed by atoms with Crippen molar-refractivity contribution < 1.29 is 14.3 Å². The lowest BCUT2D eigenvalue weighted by atomic mass is 10.1. The number of nitrogens with one attached hydrogen (secondary N) is 2. The lowest BCUT2D eigenvalue weighted by Crippen LogP contribution is -2.20. The third-order valence-electron chi connectivity index (χ3n) is 3.61.